The Hall–Kier alpha value is -0.660. The van der Waals surface area contributed by atoms with E-state index in [9.17, 15) is 13.2 Å². The number of nitrogens with one attached hydrogen (secondary N) is 1. The van der Waals surface area contributed by atoms with Crippen molar-refractivity contribution < 1.29 is 21.9 Å². The first kappa shape index (κ1) is 20.3. The minimum absolute atomic E-state index is 0.504. The van der Waals surface area contributed by atoms with Gasteiger partial charge in [0, 0.05) is 6.54 Å². The maximum atomic E-state index is 11.1. The fourth-order valence-corrected chi connectivity index (χ4v) is 2.28. The van der Waals surface area contributed by atoms with E-state index < -0.39 is 22.9 Å². The summed E-state index contributed by atoms with van der Waals surface area (Å²) in [5.41, 5.74) is 0. The summed E-state index contributed by atoms with van der Waals surface area (Å²) in [4.78, 5) is 11.1. The SMILES string of the molecule is CCCCCCCCCCCCNC(=O)COS(=O)(=O)O. The fourth-order valence-electron chi connectivity index (χ4n) is 2.02. The van der Waals surface area contributed by atoms with Crippen molar-refractivity contribution in [1.82, 2.24) is 5.32 Å². The maximum Gasteiger partial charge on any atom is 0.397 e. The van der Waals surface area contributed by atoms with Crippen LogP contribution >= 0.6 is 0 Å². The van der Waals surface area contributed by atoms with E-state index in [0.717, 1.165) is 19.3 Å². The Labute approximate surface area is 128 Å². The van der Waals surface area contributed by atoms with Crippen LogP contribution in [0.2, 0.25) is 0 Å². The molecular weight excluding hydrogens is 294 g/mol. The fraction of sp³-hybridized carbons (Fsp3) is 0.929. The van der Waals surface area contributed by atoms with E-state index in [1.807, 2.05) is 0 Å². The lowest BCUT2D eigenvalue weighted by atomic mass is 10.1. The molecule has 0 saturated carbocycles. The van der Waals surface area contributed by atoms with Crippen LogP contribution in [0, 0.1) is 0 Å². The molecule has 0 aromatic carbocycles. The number of hydrogen-bond acceptors (Lipinski definition) is 4. The van der Waals surface area contributed by atoms with Gasteiger partial charge in [0.25, 0.3) is 0 Å². The van der Waals surface area contributed by atoms with Gasteiger partial charge in [-0.2, -0.15) is 8.42 Å². The van der Waals surface area contributed by atoms with E-state index in [1.165, 1.54) is 44.9 Å². The van der Waals surface area contributed by atoms with Crippen LogP contribution in [0.3, 0.4) is 0 Å². The Morgan fingerprint density at radius 1 is 0.952 bits per heavy atom. The maximum absolute atomic E-state index is 11.1. The van der Waals surface area contributed by atoms with Crippen LogP contribution in [-0.4, -0.2) is 32.0 Å². The molecule has 0 aliphatic rings. The third-order valence-corrected chi connectivity index (χ3v) is 3.61. The van der Waals surface area contributed by atoms with Crippen molar-refractivity contribution >= 4 is 16.3 Å². The summed E-state index contributed by atoms with van der Waals surface area (Å²) in [7, 11) is -4.53. The Bertz CT molecular complexity index is 356. The van der Waals surface area contributed by atoms with E-state index in [1.54, 1.807) is 0 Å². The van der Waals surface area contributed by atoms with Gasteiger partial charge in [-0.3, -0.25) is 9.35 Å². The smallest absolute Gasteiger partial charge is 0.354 e. The minimum atomic E-state index is -4.53. The minimum Gasteiger partial charge on any atom is -0.354 e. The third kappa shape index (κ3) is 17.3. The Balaban J connectivity index is 3.23. The topological polar surface area (TPSA) is 92.7 Å². The predicted molar refractivity (Wildman–Crippen MR) is 82.4 cm³/mol. The van der Waals surface area contributed by atoms with Crippen molar-refractivity contribution in [2.24, 2.45) is 0 Å². The van der Waals surface area contributed by atoms with E-state index in [0.29, 0.717) is 6.54 Å². The van der Waals surface area contributed by atoms with Crippen molar-refractivity contribution in [1.29, 1.82) is 0 Å². The first-order chi connectivity index (χ1) is 9.95. The zero-order valence-electron chi connectivity index (χ0n) is 13.0. The molecule has 1 amide bonds. The zero-order chi connectivity index (χ0) is 16.0. The van der Waals surface area contributed by atoms with Crippen molar-refractivity contribution in [3.63, 3.8) is 0 Å². The van der Waals surface area contributed by atoms with E-state index in [2.05, 4.69) is 16.4 Å². The first-order valence-corrected chi connectivity index (χ1v) is 9.20. The highest BCUT2D eigenvalue weighted by Crippen LogP contribution is 2.10. The molecule has 0 spiro atoms. The number of unbranched alkanes of at least 4 members (excludes halogenated alkanes) is 9. The molecule has 0 atom stereocenters. The van der Waals surface area contributed by atoms with Crippen molar-refractivity contribution in [2.75, 3.05) is 13.2 Å². The van der Waals surface area contributed by atoms with Crippen LogP contribution in [0.15, 0.2) is 0 Å². The molecule has 0 fully saturated rings. The van der Waals surface area contributed by atoms with Gasteiger partial charge in [0.15, 0.2) is 0 Å². The second-order valence-corrected chi connectivity index (χ2v) is 6.31. The van der Waals surface area contributed by atoms with Crippen molar-refractivity contribution in [3.8, 4) is 0 Å². The summed E-state index contributed by atoms with van der Waals surface area (Å²) >= 11 is 0. The molecule has 0 rings (SSSR count). The van der Waals surface area contributed by atoms with Gasteiger partial charge in [-0.1, -0.05) is 64.7 Å². The summed E-state index contributed by atoms with van der Waals surface area (Å²) in [6.45, 7) is 2.05. The van der Waals surface area contributed by atoms with Gasteiger partial charge in [0.2, 0.25) is 5.91 Å². The monoisotopic (exact) mass is 323 g/mol. The van der Waals surface area contributed by atoms with Gasteiger partial charge in [0.05, 0.1) is 0 Å². The molecule has 0 aliphatic heterocycles. The van der Waals surface area contributed by atoms with Gasteiger partial charge < -0.3 is 5.32 Å². The summed E-state index contributed by atoms with van der Waals surface area (Å²) in [6.07, 6.45) is 12.2. The van der Waals surface area contributed by atoms with Gasteiger partial charge in [-0.15, -0.1) is 0 Å². The second-order valence-electron chi connectivity index (χ2n) is 5.22. The Kier molecular flexibility index (Phi) is 12.6. The average Bonchev–Trinajstić information content (AvgIpc) is 2.42. The molecule has 0 aromatic heterocycles. The summed E-state index contributed by atoms with van der Waals surface area (Å²) in [6, 6.07) is 0. The lowest BCUT2D eigenvalue weighted by molar-refractivity contribution is -0.123. The molecule has 0 aliphatic carbocycles. The molecule has 0 radical (unpaired) electrons. The highest BCUT2D eigenvalue weighted by molar-refractivity contribution is 7.80. The average molecular weight is 323 g/mol. The number of rotatable bonds is 14. The lowest BCUT2D eigenvalue weighted by Gasteiger charge is -2.05. The molecule has 0 heterocycles. The number of amides is 1. The van der Waals surface area contributed by atoms with Crippen LogP contribution < -0.4 is 5.32 Å². The van der Waals surface area contributed by atoms with Gasteiger partial charge in [-0.05, 0) is 6.42 Å². The molecule has 2 N–H and O–H groups in total. The number of hydrogen-bond donors (Lipinski definition) is 2. The molecule has 0 saturated heterocycles. The molecular formula is C14H29NO5S. The first-order valence-electron chi connectivity index (χ1n) is 7.84. The normalized spacial score (nSPS) is 11.5. The molecule has 0 unspecified atom stereocenters. The molecule has 21 heavy (non-hydrogen) atoms. The largest absolute Gasteiger partial charge is 0.397 e. The van der Waals surface area contributed by atoms with E-state index in [4.69, 9.17) is 4.55 Å². The third-order valence-electron chi connectivity index (χ3n) is 3.19. The number of carbonyl (C=O) groups is 1. The molecule has 0 aromatic rings. The number of carbonyl (C=O) groups excluding carboxylic acids is 1. The zero-order valence-corrected chi connectivity index (χ0v) is 13.8. The Morgan fingerprint density at radius 2 is 1.43 bits per heavy atom. The van der Waals surface area contributed by atoms with Crippen molar-refractivity contribution in [3.05, 3.63) is 0 Å². The van der Waals surface area contributed by atoms with Crippen molar-refractivity contribution in [2.45, 2.75) is 71.1 Å². The molecule has 0 bridgehead atoms. The van der Waals surface area contributed by atoms with E-state index in [-0.39, 0.29) is 0 Å². The summed E-state index contributed by atoms with van der Waals surface area (Å²) in [5.74, 6) is -0.538. The molecule has 7 heteroatoms. The van der Waals surface area contributed by atoms with Crippen LogP contribution in [0.1, 0.15) is 71.1 Å². The van der Waals surface area contributed by atoms with E-state index >= 15 is 0 Å². The predicted octanol–water partition coefficient (Wildman–Crippen LogP) is 2.84. The van der Waals surface area contributed by atoms with Crippen LogP contribution in [0.5, 0.6) is 0 Å². The Morgan fingerprint density at radius 3 is 1.90 bits per heavy atom. The van der Waals surface area contributed by atoms with Crippen LogP contribution in [0.4, 0.5) is 0 Å². The molecule has 6 nitrogen and oxygen atoms in total. The highest BCUT2D eigenvalue weighted by atomic mass is 32.3. The summed E-state index contributed by atoms with van der Waals surface area (Å²) < 4.78 is 32.8. The highest BCUT2D eigenvalue weighted by Gasteiger charge is 2.08. The van der Waals surface area contributed by atoms with Gasteiger partial charge >= 0.3 is 10.4 Å². The second kappa shape index (κ2) is 13.0. The van der Waals surface area contributed by atoms with Crippen LogP contribution in [-0.2, 0) is 19.4 Å². The standard InChI is InChI=1S/C14H29NO5S/c1-2-3-4-5-6-7-8-9-10-11-12-15-14(16)13-20-21(17,18)19/h2-13H2,1H3,(H,15,16)(H,17,18,19). The lowest BCUT2D eigenvalue weighted by Crippen LogP contribution is -2.29. The quantitative estimate of drug-likeness (QED) is 0.379. The van der Waals surface area contributed by atoms with Gasteiger partial charge in [-0.25, -0.2) is 4.18 Å². The van der Waals surface area contributed by atoms with Crippen LogP contribution in [0.25, 0.3) is 0 Å². The molecule has 126 valence electrons. The summed E-state index contributed by atoms with van der Waals surface area (Å²) in [5, 5.41) is 2.54. The van der Waals surface area contributed by atoms with Gasteiger partial charge in [0.1, 0.15) is 6.61 Å².